The Kier molecular flexibility index (Phi) is 3.46. The van der Waals surface area contributed by atoms with Crippen molar-refractivity contribution in [2.24, 2.45) is 7.05 Å². The van der Waals surface area contributed by atoms with Crippen molar-refractivity contribution in [1.82, 2.24) is 15.1 Å². The zero-order valence-electron chi connectivity index (χ0n) is 11.7. The van der Waals surface area contributed by atoms with Gasteiger partial charge in [-0.15, -0.1) is 0 Å². The van der Waals surface area contributed by atoms with Crippen LogP contribution in [0.25, 0.3) is 10.9 Å². The Labute approximate surface area is 112 Å². The molecule has 0 radical (unpaired) electrons. The molecule has 2 rings (SSSR count). The number of alkyl carbamates (subject to hydrolysis) is 1. The van der Waals surface area contributed by atoms with Crippen molar-refractivity contribution >= 4 is 17.0 Å². The summed E-state index contributed by atoms with van der Waals surface area (Å²) in [4.78, 5) is 11.5. The number of benzene rings is 1. The zero-order valence-corrected chi connectivity index (χ0v) is 11.7. The van der Waals surface area contributed by atoms with Gasteiger partial charge < -0.3 is 10.1 Å². The van der Waals surface area contributed by atoms with Crippen LogP contribution in [-0.4, -0.2) is 21.5 Å². The molecular weight excluding hydrogens is 242 g/mol. The second-order valence-corrected chi connectivity index (χ2v) is 5.52. The first-order valence-corrected chi connectivity index (χ1v) is 6.23. The third-order valence-electron chi connectivity index (χ3n) is 2.65. The van der Waals surface area contributed by atoms with Crippen LogP contribution in [0.4, 0.5) is 4.79 Å². The summed E-state index contributed by atoms with van der Waals surface area (Å²) in [6, 6.07) is 5.98. The van der Waals surface area contributed by atoms with Gasteiger partial charge in [0.05, 0.1) is 11.7 Å². The molecule has 5 heteroatoms. The van der Waals surface area contributed by atoms with Gasteiger partial charge in [-0.1, -0.05) is 6.07 Å². The third kappa shape index (κ3) is 3.47. The van der Waals surface area contributed by atoms with E-state index in [0.717, 1.165) is 16.5 Å². The molecule has 5 nitrogen and oxygen atoms in total. The van der Waals surface area contributed by atoms with E-state index in [9.17, 15) is 4.79 Å². The van der Waals surface area contributed by atoms with Crippen molar-refractivity contribution in [3.8, 4) is 0 Å². The van der Waals surface area contributed by atoms with Crippen LogP contribution in [0.5, 0.6) is 0 Å². The minimum atomic E-state index is -0.475. The summed E-state index contributed by atoms with van der Waals surface area (Å²) in [7, 11) is 1.90. The Morgan fingerprint density at radius 3 is 2.84 bits per heavy atom. The highest BCUT2D eigenvalue weighted by Crippen LogP contribution is 2.15. The summed E-state index contributed by atoms with van der Waals surface area (Å²) < 4.78 is 7.00. The second kappa shape index (κ2) is 4.91. The van der Waals surface area contributed by atoms with Crippen LogP contribution < -0.4 is 5.32 Å². The van der Waals surface area contributed by atoms with Crippen LogP contribution in [0.15, 0.2) is 24.4 Å². The summed E-state index contributed by atoms with van der Waals surface area (Å²) in [5.74, 6) is 0. The molecule has 19 heavy (non-hydrogen) atoms. The highest BCUT2D eigenvalue weighted by molar-refractivity contribution is 5.79. The first-order valence-electron chi connectivity index (χ1n) is 6.23. The zero-order chi connectivity index (χ0) is 14.0. The van der Waals surface area contributed by atoms with E-state index in [1.54, 1.807) is 0 Å². The molecule has 0 fully saturated rings. The van der Waals surface area contributed by atoms with Gasteiger partial charge in [0.15, 0.2) is 0 Å². The van der Waals surface area contributed by atoms with E-state index in [4.69, 9.17) is 4.74 Å². The molecule has 1 heterocycles. The van der Waals surface area contributed by atoms with Crippen molar-refractivity contribution in [2.45, 2.75) is 32.9 Å². The average molecular weight is 261 g/mol. The van der Waals surface area contributed by atoms with Crippen molar-refractivity contribution in [3.63, 3.8) is 0 Å². The number of carbonyl (C=O) groups is 1. The van der Waals surface area contributed by atoms with E-state index < -0.39 is 11.7 Å². The number of ether oxygens (including phenoxy) is 1. The van der Waals surface area contributed by atoms with Crippen molar-refractivity contribution in [1.29, 1.82) is 0 Å². The number of fused-ring (bicyclic) bond motifs is 1. The average Bonchev–Trinajstić information content (AvgIpc) is 2.66. The fourth-order valence-corrected chi connectivity index (χ4v) is 1.81. The standard InChI is InChI=1S/C14H19N3O2/c1-14(2,3)19-13(18)15-8-10-5-6-12-11(7-10)9-16-17(12)4/h5-7,9H,8H2,1-4H3,(H,15,18). The van der Waals surface area contributed by atoms with Gasteiger partial charge in [-0.3, -0.25) is 4.68 Å². The van der Waals surface area contributed by atoms with Gasteiger partial charge in [0, 0.05) is 19.0 Å². The molecule has 1 N–H and O–H groups in total. The maximum absolute atomic E-state index is 11.5. The molecule has 1 aromatic heterocycles. The highest BCUT2D eigenvalue weighted by atomic mass is 16.6. The molecular formula is C14H19N3O2. The second-order valence-electron chi connectivity index (χ2n) is 5.52. The Bertz CT molecular complexity index is 596. The highest BCUT2D eigenvalue weighted by Gasteiger charge is 2.15. The fourth-order valence-electron chi connectivity index (χ4n) is 1.81. The molecule has 0 aliphatic carbocycles. The lowest BCUT2D eigenvalue weighted by atomic mass is 10.1. The Morgan fingerprint density at radius 1 is 1.42 bits per heavy atom. The molecule has 0 saturated heterocycles. The lowest BCUT2D eigenvalue weighted by molar-refractivity contribution is 0.0523. The minimum Gasteiger partial charge on any atom is -0.444 e. The SMILES string of the molecule is Cn1ncc2cc(CNC(=O)OC(C)(C)C)ccc21. The summed E-state index contributed by atoms with van der Waals surface area (Å²) in [6.07, 6.45) is 1.41. The molecule has 2 aromatic rings. The van der Waals surface area contributed by atoms with Crippen LogP contribution in [0.3, 0.4) is 0 Å². The summed E-state index contributed by atoms with van der Waals surface area (Å²) in [5, 5.41) is 7.98. The number of hydrogen-bond acceptors (Lipinski definition) is 3. The van der Waals surface area contributed by atoms with Crippen molar-refractivity contribution in [2.75, 3.05) is 0 Å². The molecule has 102 valence electrons. The normalized spacial score (nSPS) is 11.6. The lowest BCUT2D eigenvalue weighted by Crippen LogP contribution is -2.32. The van der Waals surface area contributed by atoms with Gasteiger partial charge in [-0.2, -0.15) is 5.10 Å². The van der Waals surface area contributed by atoms with Crippen LogP contribution in [0.2, 0.25) is 0 Å². The van der Waals surface area contributed by atoms with E-state index in [2.05, 4.69) is 10.4 Å². The van der Waals surface area contributed by atoms with Gasteiger partial charge >= 0.3 is 6.09 Å². The molecule has 0 unspecified atom stereocenters. The number of amides is 1. The molecule has 1 amide bonds. The molecule has 1 aromatic carbocycles. The van der Waals surface area contributed by atoms with E-state index in [0.29, 0.717) is 6.54 Å². The van der Waals surface area contributed by atoms with Crippen LogP contribution in [0, 0.1) is 0 Å². The molecule has 0 atom stereocenters. The summed E-state index contributed by atoms with van der Waals surface area (Å²) in [6.45, 7) is 5.97. The summed E-state index contributed by atoms with van der Waals surface area (Å²) in [5.41, 5.74) is 1.62. The monoisotopic (exact) mass is 261 g/mol. The van der Waals surface area contributed by atoms with Gasteiger partial charge in [0.25, 0.3) is 0 Å². The van der Waals surface area contributed by atoms with E-state index >= 15 is 0 Å². The van der Waals surface area contributed by atoms with Crippen LogP contribution in [-0.2, 0) is 18.3 Å². The van der Waals surface area contributed by atoms with Crippen LogP contribution in [0.1, 0.15) is 26.3 Å². The number of hydrogen-bond donors (Lipinski definition) is 1. The largest absolute Gasteiger partial charge is 0.444 e. The molecule has 0 spiro atoms. The first kappa shape index (κ1) is 13.4. The van der Waals surface area contributed by atoms with E-state index in [1.807, 2.05) is 56.9 Å². The van der Waals surface area contributed by atoms with Crippen molar-refractivity contribution < 1.29 is 9.53 Å². The number of nitrogens with zero attached hydrogens (tertiary/aromatic N) is 2. The number of aromatic nitrogens is 2. The predicted octanol–water partition coefficient (Wildman–Crippen LogP) is 2.60. The number of nitrogens with one attached hydrogen (secondary N) is 1. The Balaban J connectivity index is 2.00. The molecule has 0 aliphatic heterocycles. The van der Waals surface area contributed by atoms with E-state index in [-0.39, 0.29) is 0 Å². The maximum atomic E-state index is 11.5. The van der Waals surface area contributed by atoms with Gasteiger partial charge in [-0.05, 0) is 38.5 Å². The smallest absolute Gasteiger partial charge is 0.407 e. The van der Waals surface area contributed by atoms with Gasteiger partial charge in [0.2, 0.25) is 0 Å². The fraction of sp³-hybridized carbons (Fsp3) is 0.429. The number of rotatable bonds is 2. The van der Waals surface area contributed by atoms with Gasteiger partial charge in [-0.25, -0.2) is 4.79 Å². The van der Waals surface area contributed by atoms with E-state index in [1.165, 1.54) is 0 Å². The predicted molar refractivity (Wildman–Crippen MR) is 73.8 cm³/mol. The third-order valence-corrected chi connectivity index (χ3v) is 2.65. The maximum Gasteiger partial charge on any atom is 0.407 e. The summed E-state index contributed by atoms with van der Waals surface area (Å²) >= 11 is 0. The first-order chi connectivity index (χ1) is 8.85. The molecule has 0 saturated carbocycles. The number of aryl methyl sites for hydroxylation is 1. The quantitative estimate of drug-likeness (QED) is 0.904. The minimum absolute atomic E-state index is 0.404. The van der Waals surface area contributed by atoms with Crippen LogP contribution >= 0.6 is 0 Å². The topological polar surface area (TPSA) is 56.2 Å². The number of carbonyl (C=O) groups excluding carboxylic acids is 1. The Hall–Kier alpha value is -2.04. The molecule has 0 bridgehead atoms. The molecule has 0 aliphatic rings. The van der Waals surface area contributed by atoms with Gasteiger partial charge in [0.1, 0.15) is 5.60 Å². The van der Waals surface area contributed by atoms with Crippen molar-refractivity contribution in [3.05, 3.63) is 30.0 Å². The Morgan fingerprint density at radius 2 is 2.16 bits per heavy atom. The lowest BCUT2D eigenvalue weighted by Gasteiger charge is -2.19.